The molecule has 0 saturated carbocycles. The number of nitrogens with one attached hydrogen (secondary N) is 2. The number of carboxylic acid groups (broad SMARTS) is 1. The van der Waals surface area contributed by atoms with Crippen molar-refractivity contribution in [3.05, 3.63) is 32.4 Å². The second-order valence-electron chi connectivity index (χ2n) is 5.82. The molecular weight excluding hydrogens is 398 g/mol. The molecule has 2 rings (SSSR count). The number of carbonyl (C=O) groups is 3. The lowest BCUT2D eigenvalue weighted by Crippen LogP contribution is -2.31. The molecule has 7 nitrogen and oxygen atoms in total. The third kappa shape index (κ3) is 6.08. The maximum atomic E-state index is 12.3. The molecule has 0 aromatic carbocycles. The van der Waals surface area contributed by atoms with Crippen molar-refractivity contribution < 1.29 is 19.5 Å². The highest BCUT2D eigenvalue weighted by molar-refractivity contribution is 7.16. The molecule has 1 unspecified atom stereocenters. The summed E-state index contributed by atoms with van der Waals surface area (Å²) in [6, 6.07) is 2.70. The number of rotatable bonds is 8. The van der Waals surface area contributed by atoms with E-state index in [0.717, 1.165) is 0 Å². The van der Waals surface area contributed by atoms with E-state index in [1.54, 1.807) is 31.4 Å². The van der Waals surface area contributed by atoms with Gasteiger partial charge in [0, 0.05) is 16.2 Å². The summed E-state index contributed by atoms with van der Waals surface area (Å²) in [5.41, 5.74) is 0.504. The Morgan fingerprint density at radius 2 is 2.04 bits per heavy atom. The van der Waals surface area contributed by atoms with Crippen LogP contribution >= 0.6 is 34.3 Å². The van der Waals surface area contributed by atoms with Crippen LogP contribution < -0.4 is 10.6 Å². The minimum atomic E-state index is -1.02. The van der Waals surface area contributed by atoms with E-state index < -0.39 is 12.0 Å². The molecule has 2 aromatic rings. The number of carboxylic acids is 1. The number of aromatic nitrogens is 1. The minimum Gasteiger partial charge on any atom is -0.481 e. The van der Waals surface area contributed by atoms with Gasteiger partial charge in [0.25, 0.3) is 0 Å². The molecule has 0 aliphatic rings. The lowest BCUT2D eigenvalue weighted by molar-refractivity contribution is -0.137. The maximum Gasteiger partial charge on any atom is 0.305 e. The van der Waals surface area contributed by atoms with Crippen molar-refractivity contribution in [2.45, 2.75) is 32.7 Å². The van der Waals surface area contributed by atoms with E-state index in [-0.39, 0.29) is 30.6 Å². The molecule has 0 saturated heterocycles. The summed E-state index contributed by atoms with van der Waals surface area (Å²) in [5, 5.41) is 16.6. The van der Waals surface area contributed by atoms with Gasteiger partial charge in [0.15, 0.2) is 5.13 Å². The third-order valence-corrected chi connectivity index (χ3v) is 5.45. The highest BCUT2D eigenvalue weighted by Crippen LogP contribution is 2.29. The van der Waals surface area contributed by atoms with Crippen molar-refractivity contribution in [1.29, 1.82) is 0 Å². The zero-order chi connectivity index (χ0) is 19.3. The van der Waals surface area contributed by atoms with Crippen molar-refractivity contribution >= 4 is 57.2 Å². The molecule has 26 heavy (non-hydrogen) atoms. The zero-order valence-corrected chi connectivity index (χ0v) is 16.5. The normalized spacial score (nSPS) is 12.0. The molecular formula is C16H18ClN3O4S2. The fourth-order valence-corrected chi connectivity index (χ4v) is 3.84. The second kappa shape index (κ2) is 9.11. The van der Waals surface area contributed by atoms with Crippen LogP contribution in [0, 0.1) is 5.92 Å². The van der Waals surface area contributed by atoms with Crippen LogP contribution in [0.15, 0.2) is 17.5 Å². The molecule has 2 amide bonds. The van der Waals surface area contributed by atoms with E-state index in [2.05, 4.69) is 15.6 Å². The maximum absolute atomic E-state index is 12.3. The summed E-state index contributed by atoms with van der Waals surface area (Å²) in [5.74, 6) is -1.69. The number of halogens is 1. The molecule has 0 bridgehead atoms. The number of hydrogen-bond donors (Lipinski definition) is 3. The number of anilines is 1. The molecule has 0 spiro atoms. The smallest absolute Gasteiger partial charge is 0.305 e. The van der Waals surface area contributed by atoms with Crippen molar-refractivity contribution in [1.82, 2.24) is 10.3 Å². The number of aliphatic carboxylic acids is 1. The van der Waals surface area contributed by atoms with Gasteiger partial charge >= 0.3 is 5.97 Å². The van der Waals surface area contributed by atoms with Crippen molar-refractivity contribution in [2.24, 2.45) is 5.92 Å². The Kier molecular flexibility index (Phi) is 7.13. The molecule has 0 aliphatic carbocycles. The van der Waals surface area contributed by atoms with Crippen LogP contribution in [0.2, 0.25) is 4.34 Å². The molecule has 2 heterocycles. The molecule has 10 heteroatoms. The van der Waals surface area contributed by atoms with Crippen LogP contribution in [0.25, 0.3) is 0 Å². The van der Waals surface area contributed by atoms with Crippen LogP contribution in [0.4, 0.5) is 5.13 Å². The molecule has 140 valence electrons. The quantitative estimate of drug-likeness (QED) is 0.612. The van der Waals surface area contributed by atoms with Gasteiger partial charge in [0.1, 0.15) is 0 Å². The van der Waals surface area contributed by atoms with Crippen LogP contribution in [-0.2, 0) is 20.8 Å². The van der Waals surface area contributed by atoms with E-state index in [1.807, 2.05) is 0 Å². The van der Waals surface area contributed by atoms with Crippen molar-refractivity contribution in [3.63, 3.8) is 0 Å². The summed E-state index contributed by atoms with van der Waals surface area (Å²) in [7, 11) is 0. The summed E-state index contributed by atoms with van der Waals surface area (Å²) in [6.45, 7) is 3.55. The van der Waals surface area contributed by atoms with Gasteiger partial charge in [-0.2, -0.15) is 0 Å². The summed E-state index contributed by atoms with van der Waals surface area (Å²) in [6.07, 6.45) is -0.251. The molecule has 2 aromatic heterocycles. The van der Waals surface area contributed by atoms with Gasteiger partial charge in [0.2, 0.25) is 11.8 Å². The molecule has 1 atom stereocenters. The van der Waals surface area contributed by atoms with Gasteiger partial charge in [-0.25, -0.2) is 4.98 Å². The van der Waals surface area contributed by atoms with Gasteiger partial charge in [-0.3, -0.25) is 14.4 Å². The zero-order valence-electron chi connectivity index (χ0n) is 14.1. The first-order valence-corrected chi connectivity index (χ1v) is 9.83. The summed E-state index contributed by atoms with van der Waals surface area (Å²) >= 11 is 8.35. The number of thiophene rings is 1. The largest absolute Gasteiger partial charge is 0.481 e. The molecule has 3 N–H and O–H groups in total. The number of thiazole rings is 1. The first-order valence-electron chi connectivity index (χ1n) is 7.76. The highest BCUT2D eigenvalue weighted by atomic mass is 35.5. The standard InChI is InChI=1S/C16H18ClN3O4S2/c1-8(2)15(24)20-16-18-9(7-25-16)5-13(21)19-10(6-14(22)23)11-3-4-12(17)26-11/h3-4,7-8,10H,5-6H2,1-2H3,(H,19,21)(H,22,23)(H,18,20,24). The van der Waals surface area contributed by atoms with Crippen molar-refractivity contribution in [3.8, 4) is 0 Å². The van der Waals surface area contributed by atoms with Crippen LogP contribution in [0.1, 0.15) is 36.9 Å². The highest BCUT2D eigenvalue weighted by Gasteiger charge is 2.20. The van der Waals surface area contributed by atoms with Gasteiger partial charge in [-0.15, -0.1) is 22.7 Å². The predicted octanol–water partition coefficient (Wildman–Crippen LogP) is 3.33. The van der Waals surface area contributed by atoms with Gasteiger partial charge in [-0.05, 0) is 12.1 Å². The molecule has 0 fully saturated rings. The van der Waals surface area contributed by atoms with Crippen LogP contribution in [-0.4, -0.2) is 27.9 Å². The number of amides is 2. The van der Waals surface area contributed by atoms with E-state index in [1.165, 1.54) is 22.7 Å². The third-order valence-electron chi connectivity index (χ3n) is 3.30. The fraction of sp³-hybridized carbons (Fsp3) is 0.375. The monoisotopic (exact) mass is 415 g/mol. The SMILES string of the molecule is CC(C)C(=O)Nc1nc(CC(=O)NC(CC(=O)O)c2ccc(Cl)s2)cs1. The first-order chi connectivity index (χ1) is 12.2. The Labute approximate surface area is 163 Å². The summed E-state index contributed by atoms with van der Waals surface area (Å²) < 4.78 is 0.523. The van der Waals surface area contributed by atoms with E-state index in [9.17, 15) is 14.4 Å². The Bertz CT molecular complexity index is 803. The average molecular weight is 416 g/mol. The van der Waals surface area contributed by atoms with Gasteiger partial charge in [0.05, 0.1) is 28.9 Å². The Morgan fingerprint density at radius 1 is 1.31 bits per heavy atom. The minimum absolute atomic E-state index is 0.0106. The van der Waals surface area contributed by atoms with E-state index >= 15 is 0 Å². The lowest BCUT2D eigenvalue weighted by atomic mass is 10.1. The number of hydrogen-bond acceptors (Lipinski definition) is 6. The van der Waals surface area contributed by atoms with E-state index in [0.29, 0.717) is 20.0 Å². The van der Waals surface area contributed by atoms with Crippen LogP contribution in [0.3, 0.4) is 0 Å². The summed E-state index contributed by atoms with van der Waals surface area (Å²) in [4.78, 5) is 39.9. The Balaban J connectivity index is 1.98. The number of nitrogens with zero attached hydrogens (tertiary/aromatic N) is 1. The Hall–Kier alpha value is -1.97. The number of carbonyl (C=O) groups excluding carboxylic acids is 2. The lowest BCUT2D eigenvalue weighted by Gasteiger charge is -2.15. The topological polar surface area (TPSA) is 108 Å². The van der Waals surface area contributed by atoms with Gasteiger partial charge < -0.3 is 15.7 Å². The fourth-order valence-electron chi connectivity index (χ4n) is 2.02. The predicted molar refractivity (Wildman–Crippen MR) is 102 cm³/mol. The van der Waals surface area contributed by atoms with Crippen LogP contribution in [0.5, 0.6) is 0 Å². The average Bonchev–Trinajstić information content (AvgIpc) is 3.15. The van der Waals surface area contributed by atoms with Gasteiger partial charge in [-0.1, -0.05) is 25.4 Å². The van der Waals surface area contributed by atoms with E-state index in [4.69, 9.17) is 16.7 Å². The Morgan fingerprint density at radius 3 is 2.62 bits per heavy atom. The van der Waals surface area contributed by atoms with Crippen molar-refractivity contribution in [2.75, 3.05) is 5.32 Å². The molecule has 0 aliphatic heterocycles. The second-order valence-corrected chi connectivity index (χ2v) is 8.43. The molecule has 0 radical (unpaired) electrons. The first kappa shape index (κ1) is 20.3.